The highest BCUT2D eigenvalue weighted by molar-refractivity contribution is 5.95. The van der Waals surface area contributed by atoms with Gasteiger partial charge in [0.15, 0.2) is 5.65 Å². The summed E-state index contributed by atoms with van der Waals surface area (Å²) in [6.45, 7) is 0. The Labute approximate surface area is 315 Å². The fourth-order valence-electron chi connectivity index (χ4n) is 8.07. The number of para-hydroxylation sites is 1. The van der Waals surface area contributed by atoms with Gasteiger partial charge in [0.2, 0.25) is 0 Å². The first kappa shape index (κ1) is 31.6. The zero-order valence-corrected chi connectivity index (χ0v) is 29.5. The Morgan fingerprint density at radius 2 is 0.963 bits per heavy atom. The molecule has 10 rings (SSSR count). The summed E-state index contributed by atoms with van der Waals surface area (Å²) in [5.74, 6) is 1.01. The minimum Gasteiger partial charge on any atom is -0.276 e. The van der Waals surface area contributed by atoms with Gasteiger partial charge in [0, 0.05) is 23.2 Å². The van der Waals surface area contributed by atoms with E-state index in [1.165, 1.54) is 44.5 Å². The van der Waals surface area contributed by atoms with Crippen LogP contribution in [0.2, 0.25) is 0 Å². The molecule has 0 bridgehead atoms. The van der Waals surface area contributed by atoms with Crippen molar-refractivity contribution >= 4 is 22.8 Å². The lowest BCUT2D eigenvalue weighted by Gasteiger charge is -2.22. The van der Waals surface area contributed by atoms with Crippen LogP contribution in [0.15, 0.2) is 200 Å². The Morgan fingerprint density at radius 3 is 1.69 bits per heavy atom. The number of pyridine rings is 1. The molecule has 1 unspecified atom stereocenters. The maximum Gasteiger partial charge on any atom is 0.164 e. The summed E-state index contributed by atoms with van der Waals surface area (Å²) in [5.41, 5.74) is 17.4. The SMILES string of the molecule is C1=C(c2ccc(-c3ccc(-c4nc5cccnc5n4-c4ccccc4-c4ccccc4)cc3)cc2)C(c2ccccc2-c2ccccc2)c2ccccc21. The van der Waals surface area contributed by atoms with Crippen LogP contribution in [0.5, 0.6) is 0 Å². The van der Waals surface area contributed by atoms with Crippen molar-refractivity contribution in [2.75, 3.05) is 0 Å². The molecule has 54 heavy (non-hydrogen) atoms. The third-order valence-corrected chi connectivity index (χ3v) is 10.6. The van der Waals surface area contributed by atoms with Crippen molar-refractivity contribution < 1.29 is 0 Å². The predicted octanol–water partition coefficient (Wildman–Crippen LogP) is 12.8. The van der Waals surface area contributed by atoms with E-state index >= 15 is 0 Å². The summed E-state index contributed by atoms with van der Waals surface area (Å²) in [6.07, 6.45) is 4.22. The zero-order chi connectivity index (χ0) is 35.8. The number of aromatic nitrogens is 3. The highest BCUT2D eigenvalue weighted by Crippen LogP contribution is 2.48. The van der Waals surface area contributed by atoms with Crippen LogP contribution in [0.25, 0.3) is 73.3 Å². The molecule has 3 heteroatoms. The molecule has 9 aromatic rings. The van der Waals surface area contributed by atoms with Gasteiger partial charge in [-0.25, -0.2) is 9.97 Å². The Bertz CT molecular complexity index is 2800. The largest absolute Gasteiger partial charge is 0.276 e. The number of benzene rings is 7. The van der Waals surface area contributed by atoms with E-state index < -0.39 is 0 Å². The number of hydrogen-bond donors (Lipinski definition) is 0. The molecule has 1 aliphatic carbocycles. The first-order valence-electron chi connectivity index (χ1n) is 18.4. The van der Waals surface area contributed by atoms with Crippen LogP contribution >= 0.6 is 0 Å². The molecule has 0 radical (unpaired) electrons. The van der Waals surface area contributed by atoms with Crippen molar-refractivity contribution in [3.05, 3.63) is 223 Å². The third kappa shape index (κ3) is 5.55. The molecular formula is C51H35N3. The van der Waals surface area contributed by atoms with E-state index in [0.29, 0.717) is 0 Å². The Kier molecular flexibility index (Phi) is 7.88. The lowest BCUT2D eigenvalue weighted by Crippen LogP contribution is -2.03. The van der Waals surface area contributed by atoms with Crippen LogP contribution in [0.4, 0.5) is 0 Å². The van der Waals surface area contributed by atoms with Gasteiger partial charge in [-0.2, -0.15) is 0 Å². The first-order chi connectivity index (χ1) is 26.8. The second-order valence-corrected chi connectivity index (χ2v) is 13.8. The molecule has 0 amide bonds. The molecule has 0 N–H and O–H groups in total. The number of rotatable bonds is 7. The molecule has 0 fully saturated rings. The molecule has 1 aliphatic rings. The van der Waals surface area contributed by atoms with E-state index in [1.54, 1.807) is 0 Å². The van der Waals surface area contributed by atoms with E-state index in [1.807, 2.05) is 18.3 Å². The highest BCUT2D eigenvalue weighted by Gasteiger charge is 2.29. The molecular weight excluding hydrogens is 655 g/mol. The minimum atomic E-state index is 0.142. The van der Waals surface area contributed by atoms with E-state index in [0.717, 1.165) is 44.9 Å². The topological polar surface area (TPSA) is 30.7 Å². The molecule has 0 saturated heterocycles. The second-order valence-electron chi connectivity index (χ2n) is 13.8. The van der Waals surface area contributed by atoms with Gasteiger partial charge in [-0.1, -0.05) is 176 Å². The monoisotopic (exact) mass is 689 g/mol. The molecule has 0 aliphatic heterocycles. The van der Waals surface area contributed by atoms with Crippen molar-refractivity contribution in [3.8, 4) is 50.5 Å². The summed E-state index contributed by atoms with van der Waals surface area (Å²) >= 11 is 0. The summed E-state index contributed by atoms with van der Waals surface area (Å²) < 4.78 is 2.20. The van der Waals surface area contributed by atoms with Crippen LogP contribution in [0, 0.1) is 0 Å². The molecule has 2 aromatic heterocycles. The van der Waals surface area contributed by atoms with Gasteiger partial charge in [-0.15, -0.1) is 0 Å². The van der Waals surface area contributed by atoms with Gasteiger partial charge in [-0.3, -0.25) is 4.57 Å². The number of allylic oxidation sites excluding steroid dienone is 1. The average Bonchev–Trinajstić information content (AvgIpc) is 3.84. The maximum atomic E-state index is 5.12. The van der Waals surface area contributed by atoms with Gasteiger partial charge >= 0.3 is 0 Å². The van der Waals surface area contributed by atoms with E-state index in [2.05, 4.69) is 193 Å². The highest BCUT2D eigenvalue weighted by atomic mass is 15.1. The number of fused-ring (bicyclic) bond motifs is 2. The maximum absolute atomic E-state index is 5.12. The van der Waals surface area contributed by atoms with Crippen LogP contribution in [0.3, 0.4) is 0 Å². The molecule has 1 atom stereocenters. The van der Waals surface area contributed by atoms with E-state index in [-0.39, 0.29) is 5.92 Å². The number of hydrogen-bond acceptors (Lipinski definition) is 2. The Morgan fingerprint density at radius 1 is 0.407 bits per heavy atom. The third-order valence-electron chi connectivity index (χ3n) is 10.6. The first-order valence-corrected chi connectivity index (χ1v) is 18.4. The van der Waals surface area contributed by atoms with Crippen molar-refractivity contribution in [3.63, 3.8) is 0 Å². The van der Waals surface area contributed by atoms with Crippen molar-refractivity contribution in [2.24, 2.45) is 0 Å². The van der Waals surface area contributed by atoms with Gasteiger partial charge in [0.25, 0.3) is 0 Å². The molecule has 0 spiro atoms. The Balaban J connectivity index is 0.999. The van der Waals surface area contributed by atoms with Gasteiger partial charge in [-0.05, 0) is 79.9 Å². The van der Waals surface area contributed by atoms with Crippen LogP contribution < -0.4 is 0 Å². The number of imidazole rings is 1. The lowest BCUT2D eigenvalue weighted by molar-refractivity contribution is 1.07. The standard InChI is InChI=1S/C51H35N3/c1-3-14-37(15-4-1)42-19-9-10-22-45(42)49-44-21-8-7-18-41(44)34-46(49)39-29-25-35(26-30-39)36-27-31-40(32-28-36)50-53-47-23-13-33-52-51(47)54(50)48-24-12-11-20-43(48)38-16-5-2-6-17-38/h1-34,49H. The molecule has 7 aromatic carbocycles. The molecule has 3 nitrogen and oxygen atoms in total. The van der Waals surface area contributed by atoms with Crippen molar-refractivity contribution in [2.45, 2.75) is 5.92 Å². The summed E-state index contributed by atoms with van der Waals surface area (Å²) in [6, 6.07) is 69.2. The lowest BCUT2D eigenvalue weighted by atomic mass is 9.81. The zero-order valence-electron chi connectivity index (χ0n) is 29.5. The molecule has 2 heterocycles. The fourth-order valence-corrected chi connectivity index (χ4v) is 8.07. The van der Waals surface area contributed by atoms with Gasteiger partial charge in [0.05, 0.1) is 5.69 Å². The van der Waals surface area contributed by atoms with Crippen molar-refractivity contribution in [1.82, 2.24) is 14.5 Å². The van der Waals surface area contributed by atoms with Gasteiger partial charge < -0.3 is 0 Å². The van der Waals surface area contributed by atoms with Crippen LogP contribution in [-0.4, -0.2) is 14.5 Å². The smallest absolute Gasteiger partial charge is 0.164 e. The average molecular weight is 690 g/mol. The fraction of sp³-hybridized carbons (Fsp3) is 0.0196. The van der Waals surface area contributed by atoms with Gasteiger partial charge in [0.1, 0.15) is 11.3 Å². The van der Waals surface area contributed by atoms with Crippen LogP contribution in [-0.2, 0) is 0 Å². The summed E-state index contributed by atoms with van der Waals surface area (Å²) in [7, 11) is 0. The predicted molar refractivity (Wildman–Crippen MR) is 223 cm³/mol. The van der Waals surface area contributed by atoms with Crippen molar-refractivity contribution in [1.29, 1.82) is 0 Å². The normalized spacial score (nSPS) is 13.5. The minimum absolute atomic E-state index is 0.142. The van der Waals surface area contributed by atoms with Crippen LogP contribution in [0.1, 0.15) is 28.2 Å². The number of nitrogens with zero attached hydrogens (tertiary/aromatic N) is 3. The summed E-state index contributed by atoms with van der Waals surface area (Å²) in [5, 5.41) is 0. The second kappa shape index (κ2) is 13.5. The molecule has 254 valence electrons. The molecule has 0 saturated carbocycles. The summed E-state index contributed by atoms with van der Waals surface area (Å²) in [4.78, 5) is 9.92. The quantitative estimate of drug-likeness (QED) is 0.167. The van der Waals surface area contributed by atoms with E-state index in [9.17, 15) is 0 Å². The Hall–Kier alpha value is -7.10. The van der Waals surface area contributed by atoms with E-state index in [4.69, 9.17) is 9.97 Å².